The number of carboxylic acid groups (broad SMARTS) is 1. The molecule has 0 aromatic heterocycles. The lowest BCUT2D eigenvalue weighted by molar-refractivity contribution is -0.142. The first kappa shape index (κ1) is 15.1. The third kappa shape index (κ3) is 3.44. The average molecular weight is 316 g/mol. The summed E-state index contributed by atoms with van der Waals surface area (Å²) in [5, 5.41) is 10.0. The molecule has 20 heavy (non-hydrogen) atoms. The summed E-state index contributed by atoms with van der Waals surface area (Å²) in [5.41, 5.74) is 0.329. The summed E-state index contributed by atoms with van der Waals surface area (Å²) in [5.74, 6) is -1.29. The average Bonchev–Trinajstić information content (AvgIpc) is 2.62. The third-order valence-electron chi connectivity index (χ3n) is 3.41. The standard InChI is InChI=1S/C14H15Cl2NO3/c15-10-6-9(7-11(16)8-10)13(18)17-5-3-1-2-4-12(17)14(19)20/h6-8,12H,1-5H2,(H,19,20). The number of benzene rings is 1. The highest BCUT2D eigenvalue weighted by Crippen LogP contribution is 2.23. The van der Waals surface area contributed by atoms with Crippen LogP contribution in [0.3, 0.4) is 0 Å². The molecule has 1 amide bonds. The zero-order chi connectivity index (χ0) is 14.7. The van der Waals surface area contributed by atoms with Gasteiger partial charge in [-0.3, -0.25) is 4.79 Å². The van der Waals surface area contributed by atoms with Crippen molar-refractivity contribution in [3.05, 3.63) is 33.8 Å². The van der Waals surface area contributed by atoms with Crippen LogP contribution in [0, 0.1) is 0 Å². The molecule has 1 N–H and O–H groups in total. The van der Waals surface area contributed by atoms with E-state index in [1.807, 2.05) is 0 Å². The van der Waals surface area contributed by atoms with E-state index in [4.69, 9.17) is 23.2 Å². The van der Waals surface area contributed by atoms with Gasteiger partial charge in [-0.25, -0.2) is 4.79 Å². The molecule has 0 aliphatic carbocycles. The highest BCUT2D eigenvalue weighted by molar-refractivity contribution is 6.35. The number of amides is 1. The minimum absolute atomic E-state index is 0.329. The lowest BCUT2D eigenvalue weighted by Crippen LogP contribution is -2.44. The summed E-state index contributed by atoms with van der Waals surface area (Å²) in [4.78, 5) is 25.3. The van der Waals surface area contributed by atoms with Gasteiger partial charge in [0, 0.05) is 22.2 Å². The van der Waals surface area contributed by atoms with Gasteiger partial charge >= 0.3 is 5.97 Å². The first-order valence-corrected chi connectivity index (χ1v) is 7.24. The molecule has 1 aliphatic heterocycles. The molecule has 2 rings (SSSR count). The fourth-order valence-corrected chi connectivity index (χ4v) is 2.98. The Hall–Kier alpha value is -1.26. The van der Waals surface area contributed by atoms with Crippen LogP contribution in [0.5, 0.6) is 0 Å². The predicted molar refractivity (Wildman–Crippen MR) is 77.4 cm³/mol. The van der Waals surface area contributed by atoms with Gasteiger partial charge in [0.05, 0.1) is 0 Å². The Labute approximate surface area is 127 Å². The summed E-state index contributed by atoms with van der Waals surface area (Å²) in [6.45, 7) is 0.444. The van der Waals surface area contributed by atoms with Gasteiger partial charge in [-0.05, 0) is 31.0 Å². The lowest BCUT2D eigenvalue weighted by atomic mass is 10.1. The summed E-state index contributed by atoms with van der Waals surface area (Å²) >= 11 is 11.8. The Morgan fingerprint density at radius 3 is 2.35 bits per heavy atom. The maximum atomic E-state index is 12.5. The molecule has 0 bridgehead atoms. The predicted octanol–water partition coefficient (Wildman–Crippen LogP) is 3.46. The number of hydrogen-bond acceptors (Lipinski definition) is 2. The maximum absolute atomic E-state index is 12.5. The van der Waals surface area contributed by atoms with E-state index in [0.717, 1.165) is 19.3 Å². The molecule has 1 atom stereocenters. The van der Waals surface area contributed by atoms with Crippen molar-refractivity contribution in [2.24, 2.45) is 0 Å². The van der Waals surface area contributed by atoms with Crippen LogP contribution in [0.25, 0.3) is 0 Å². The molecule has 0 spiro atoms. The van der Waals surface area contributed by atoms with Crippen LogP contribution in [0.15, 0.2) is 18.2 Å². The zero-order valence-corrected chi connectivity index (χ0v) is 12.3. The summed E-state index contributed by atoms with van der Waals surface area (Å²) < 4.78 is 0. The highest BCUT2D eigenvalue weighted by Gasteiger charge is 2.31. The molecule has 0 radical (unpaired) electrons. The van der Waals surface area contributed by atoms with Crippen LogP contribution in [0.1, 0.15) is 36.0 Å². The van der Waals surface area contributed by atoms with Crippen molar-refractivity contribution >= 4 is 35.1 Å². The Kier molecular flexibility index (Phi) is 4.89. The number of rotatable bonds is 2. The van der Waals surface area contributed by atoms with Crippen molar-refractivity contribution < 1.29 is 14.7 Å². The Bertz CT molecular complexity index is 513. The second kappa shape index (κ2) is 6.46. The van der Waals surface area contributed by atoms with Crippen LogP contribution in [0.4, 0.5) is 0 Å². The van der Waals surface area contributed by atoms with E-state index < -0.39 is 12.0 Å². The van der Waals surface area contributed by atoms with Gasteiger partial charge in [-0.15, -0.1) is 0 Å². The van der Waals surface area contributed by atoms with E-state index in [2.05, 4.69) is 0 Å². The van der Waals surface area contributed by atoms with Gasteiger partial charge in [0.25, 0.3) is 5.91 Å². The fourth-order valence-electron chi connectivity index (χ4n) is 2.45. The van der Waals surface area contributed by atoms with E-state index in [9.17, 15) is 14.7 Å². The van der Waals surface area contributed by atoms with Gasteiger partial charge in [0.2, 0.25) is 0 Å². The van der Waals surface area contributed by atoms with E-state index in [1.54, 1.807) is 0 Å². The Balaban J connectivity index is 2.30. The number of aliphatic carboxylic acids is 1. The van der Waals surface area contributed by atoms with Crippen LogP contribution >= 0.6 is 23.2 Å². The third-order valence-corrected chi connectivity index (χ3v) is 3.84. The molecule has 1 heterocycles. The molecule has 1 fully saturated rings. The minimum Gasteiger partial charge on any atom is -0.480 e. The summed E-state index contributed by atoms with van der Waals surface area (Å²) in [6.07, 6.45) is 3.04. The summed E-state index contributed by atoms with van der Waals surface area (Å²) in [7, 11) is 0. The zero-order valence-electron chi connectivity index (χ0n) is 10.8. The van der Waals surface area contributed by atoms with Crippen LogP contribution in [0.2, 0.25) is 10.0 Å². The monoisotopic (exact) mass is 315 g/mol. The quantitative estimate of drug-likeness (QED) is 0.909. The van der Waals surface area contributed by atoms with Crippen molar-refractivity contribution in [2.45, 2.75) is 31.7 Å². The molecule has 1 saturated heterocycles. The van der Waals surface area contributed by atoms with E-state index in [1.165, 1.54) is 23.1 Å². The fraction of sp³-hybridized carbons (Fsp3) is 0.429. The van der Waals surface area contributed by atoms with Gasteiger partial charge in [0.1, 0.15) is 6.04 Å². The van der Waals surface area contributed by atoms with E-state index in [-0.39, 0.29) is 5.91 Å². The normalized spacial score (nSPS) is 19.5. The van der Waals surface area contributed by atoms with Gasteiger partial charge in [-0.2, -0.15) is 0 Å². The van der Waals surface area contributed by atoms with E-state index >= 15 is 0 Å². The molecule has 1 aromatic rings. The number of hydrogen-bond donors (Lipinski definition) is 1. The molecule has 6 heteroatoms. The van der Waals surface area contributed by atoms with Crippen LogP contribution in [-0.2, 0) is 4.79 Å². The van der Waals surface area contributed by atoms with Crippen LogP contribution in [-0.4, -0.2) is 34.5 Å². The van der Waals surface area contributed by atoms with Crippen molar-refractivity contribution in [1.82, 2.24) is 4.90 Å². The molecule has 1 aliphatic rings. The van der Waals surface area contributed by atoms with Crippen molar-refractivity contribution in [3.8, 4) is 0 Å². The number of carboxylic acids is 1. The number of carbonyl (C=O) groups excluding carboxylic acids is 1. The Morgan fingerprint density at radius 1 is 1.10 bits per heavy atom. The largest absolute Gasteiger partial charge is 0.480 e. The molecular weight excluding hydrogens is 301 g/mol. The number of halogens is 2. The molecule has 108 valence electrons. The smallest absolute Gasteiger partial charge is 0.326 e. The topological polar surface area (TPSA) is 57.6 Å². The SMILES string of the molecule is O=C(O)C1CCCCCN1C(=O)c1cc(Cl)cc(Cl)c1. The molecule has 4 nitrogen and oxygen atoms in total. The van der Waals surface area contributed by atoms with Crippen LogP contribution < -0.4 is 0 Å². The number of nitrogens with zero attached hydrogens (tertiary/aromatic N) is 1. The molecular formula is C14H15Cl2NO3. The lowest BCUT2D eigenvalue weighted by Gasteiger charge is -2.27. The minimum atomic E-state index is -0.964. The second-order valence-corrected chi connectivity index (χ2v) is 5.73. The van der Waals surface area contributed by atoms with Gasteiger partial charge in [0.15, 0.2) is 0 Å². The first-order valence-electron chi connectivity index (χ1n) is 6.49. The summed E-state index contributed by atoms with van der Waals surface area (Å²) in [6, 6.07) is 3.79. The number of likely N-dealkylation sites (tertiary alicyclic amines) is 1. The second-order valence-electron chi connectivity index (χ2n) is 4.86. The van der Waals surface area contributed by atoms with Crippen molar-refractivity contribution in [2.75, 3.05) is 6.54 Å². The van der Waals surface area contributed by atoms with Crippen molar-refractivity contribution in [3.63, 3.8) is 0 Å². The van der Waals surface area contributed by atoms with E-state index in [0.29, 0.717) is 28.6 Å². The molecule has 0 saturated carbocycles. The number of carbonyl (C=O) groups is 2. The maximum Gasteiger partial charge on any atom is 0.326 e. The molecule has 1 aromatic carbocycles. The van der Waals surface area contributed by atoms with Gasteiger partial charge < -0.3 is 10.0 Å². The molecule has 1 unspecified atom stereocenters. The highest BCUT2D eigenvalue weighted by atomic mass is 35.5. The first-order chi connectivity index (χ1) is 9.49. The van der Waals surface area contributed by atoms with Crippen molar-refractivity contribution in [1.29, 1.82) is 0 Å². The Morgan fingerprint density at radius 2 is 1.75 bits per heavy atom. The van der Waals surface area contributed by atoms with Gasteiger partial charge in [-0.1, -0.05) is 36.0 Å².